The molecule has 0 unspecified atom stereocenters. The number of hydrogen-bond donors (Lipinski definition) is 1. The van der Waals surface area contributed by atoms with Gasteiger partial charge in [-0.25, -0.2) is 4.72 Å². The molecule has 1 aliphatic heterocycles. The molecule has 0 radical (unpaired) electrons. The van der Waals surface area contributed by atoms with Crippen LogP contribution in [0.25, 0.3) is 0 Å². The molecule has 1 aliphatic rings. The van der Waals surface area contributed by atoms with E-state index in [0.717, 1.165) is 11.5 Å². The second kappa shape index (κ2) is 6.56. The summed E-state index contributed by atoms with van der Waals surface area (Å²) in [5.74, 6) is 1.70. The summed E-state index contributed by atoms with van der Waals surface area (Å²) >= 11 is 1.76. The molecule has 1 fully saturated rings. The largest absolute Gasteiger partial charge is 0.457 e. The Labute approximate surface area is 142 Å². The summed E-state index contributed by atoms with van der Waals surface area (Å²) in [6.07, 6.45) is 0. The minimum atomic E-state index is -0.0940. The maximum atomic E-state index is 5.86. The average molecular weight is 329 g/mol. The van der Waals surface area contributed by atoms with Gasteiger partial charge in [0.15, 0.2) is 0 Å². The van der Waals surface area contributed by atoms with Crippen LogP contribution in [-0.4, -0.2) is 18.0 Å². The lowest BCUT2D eigenvalue weighted by molar-refractivity contribution is -0.0652. The Morgan fingerprint density at radius 1 is 0.957 bits per heavy atom. The third-order valence-corrected chi connectivity index (χ3v) is 4.74. The number of rotatable bonds is 5. The first-order valence-corrected chi connectivity index (χ1v) is 8.65. The molecule has 4 heteroatoms. The summed E-state index contributed by atoms with van der Waals surface area (Å²) in [5.41, 5.74) is 1.14. The Bertz CT molecular complexity index is 631. The Kier molecular flexibility index (Phi) is 4.67. The highest BCUT2D eigenvalue weighted by molar-refractivity contribution is 7.98. The van der Waals surface area contributed by atoms with Crippen molar-refractivity contribution in [3.8, 4) is 11.5 Å². The van der Waals surface area contributed by atoms with Crippen LogP contribution >= 0.6 is 11.9 Å². The molecule has 23 heavy (non-hydrogen) atoms. The molecule has 0 bridgehead atoms. The molecule has 0 saturated carbocycles. The first-order valence-electron chi connectivity index (χ1n) is 7.83. The van der Waals surface area contributed by atoms with Crippen molar-refractivity contribution < 1.29 is 9.47 Å². The van der Waals surface area contributed by atoms with E-state index in [2.05, 4.69) is 37.6 Å². The summed E-state index contributed by atoms with van der Waals surface area (Å²) in [7, 11) is 0. The van der Waals surface area contributed by atoms with E-state index in [4.69, 9.17) is 9.47 Å². The highest BCUT2D eigenvalue weighted by atomic mass is 32.2. The third-order valence-electron chi connectivity index (χ3n) is 3.64. The minimum Gasteiger partial charge on any atom is -0.457 e. The van der Waals surface area contributed by atoms with Crippen molar-refractivity contribution >= 4 is 11.9 Å². The van der Waals surface area contributed by atoms with Crippen molar-refractivity contribution in [3.05, 3.63) is 60.2 Å². The standard InChI is InChI=1S/C19H23NO2S/c1-18(2,3)23-20-19(13-21-14-19)15-9-11-17(12-10-15)22-16-7-5-4-6-8-16/h4-12,20H,13-14H2,1-3H3. The second-order valence-electron chi connectivity index (χ2n) is 6.83. The second-order valence-corrected chi connectivity index (χ2v) is 8.46. The fraction of sp³-hybridized carbons (Fsp3) is 0.368. The smallest absolute Gasteiger partial charge is 0.127 e. The molecular weight excluding hydrogens is 306 g/mol. The predicted octanol–water partition coefficient (Wildman–Crippen LogP) is 4.74. The molecule has 122 valence electrons. The highest BCUT2D eigenvalue weighted by Crippen LogP contribution is 2.35. The number of nitrogens with one attached hydrogen (secondary N) is 1. The molecule has 1 N–H and O–H groups in total. The van der Waals surface area contributed by atoms with E-state index in [9.17, 15) is 0 Å². The summed E-state index contributed by atoms with van der Waals surface area (Å²) in [4.78, 5) is 0. The van der Waals surface area contributed by atoms with Crippen LogP contribution in [0, 0.1) is 0 Å². The van der Waals surface area contributed by atoms with Gasteiger partial charge in [0.2, 0.25) is 0 Å². The number of para-hydroxylation sites is 1. The summed E-state index contributed by atoms with van der Waals surface area (Å²) in [6, 6.07) is 18.1. The van der Waals surface area contributed by atoms with Crippen molar-refractivity contribution in [3.63, 3.8) is 0 Å². The Morgan fingerprint density at radius 2 is 1.57 bits per heavy atom. The zero-order chi connectivity index (χ0) is 16.3. The zero-order valence-electron chi connectivity index (χ0n) is 13.8. The molecule has 0 atom stereocenters. The van der Waals surface area contributed by atoms with Crippen LogP contribution in [0.1, 0.15) is 26.3 Å². The third kappa shape index (κ3) is 4.08. The molecule has 0 spiro atoms. The van der Waals surface area contributed by atoms with E-state index in [1.165, 1.54) is 5.56 Å². The van der Waals surface area contributed by atoms with Crippen LogP contribution in [0.2, 0.25) is 0 Å². The van der Waals surface area contributed by atoms with E-state index in [1.54, 1.807) is 11.9 Å². The fourth-order valence-corrected chi connectivity index (χ4v) is 3.05. The van der Waals surface area contributed by atoms with Gasteiger partial charge in [-0.3, -0.25) is 0 Å². The molecule has 0 aromatic heterocycles. The molecule has 3 rings (SSSR count). The molecule has 1 saturated heterocycles. The lowest BCUT2D eigenvalue weighted by atomic mass is 9.89. The van der Waals surface area contributed by atoms with Gasteiger partial charge >= 0.3 is 0 Å². The SMILES string of the molecule is CC(C)(C)SNC1(c2ccc(Oc3ccccc3)cc2)COC1. The first-order chi connectivity index (χ1) is 11.0. The van der Waals surface area contributed by atoms with Crippen molar-refractivity contribution in [2.45, 2.75) is 31.1 Å². The van der Waals surface area contributed by atoms with Gasteiger partial charge in [0.1, 0.15) is 11.5 Å². The summed E-state index contributed by atoms with van der Waals surface area (Å²) < 4.78 is 15.1. The fourth-order valence-electron chi connectivity index (χ4n) is 2.31. The van der Waals surface area contributed by atoms with Gasteiger partial charge in [-0.2, -0.15) is 0 Å². The Balaban J connectivity index is 1.70. The number of ether oxygens (including phenoxy) is 2. The topological polar surface area (TPSA) is 30.5 Å². The van der Waals surface area contributed by atoms with Gasteiger partial charge in [-0.15, -0.1) is 0 Å². The van der Waals surface area contributed by atoms with E-state index < -0.39 is 0 Å². The van der Waals surface area contributed by atoms with Crippen LogP contribution in [-0.2, 0) is 10.3 Å². The summed E-state index contributed by atoms with van der Waals surface area (Å²) in [6.45, 7) is 8.02. The van der Waals surface area contributed by atoms with Crippen molar-refractivity contribution in [2.24, 2.45) is 0 Å². The predicted molar refractivity (Wildman–Crippen MR) is 95.9 cm³/mol. The minimum absolute atomic E-state index is 0.0940. The molecule has 3 nitrogen and oxygen atoms in total. The maximum absolute atomic E-state index is 5.86. The molecule has 2 aromatic carbocycles. The average Bonchev–Trinajstić information content (AvgIpc) is 2.48. The van der Waals surface area contributed by atoms with Gasteiger partial charge in [0.05, 0.1) is 18.8 Å². The first kappa shape index (κ1) is 16.4. The van der Waals surface area contributed by atoms with E-state index in [0.29, 0.717) is 13.2 Å². The van der Waals surface area contributed by atoms with Crippen molar-refractivity contribution in [1.82, 2.24) is 4.72 Å². The molecule has 2 aromatic rings. The molecule has 0 amide bonds. The van der Waals surface area contributed by atoms with Crippen molar-refractivity contribution in [2.75, 3.05) is 13.2 Å². The quantitative estimate of drug-likeness (QED) is 0.803. The van der Waals surface area contributed by atoms with Crippen LogP contribution in [0.3, 0.4) is 0 Å². The van der Waals surface area contributed by atoms with Gasteiger partial charge in [-0.05, 0) is 50.6 Å². The number of benzene rings is 2. The van der Waals surface area contributed by atoms with E-state index >= 15 is 0 Å². The van der Waals surface area contributed by atoms with E-state index in [-0.39, 0.29) is 10.3 Å². The van der Waals surface area contributed by atoms with Gasteiger partial charge in [0.25, 0.3) is 0 Å². The molecule has 1 heterocycles. The van der Waals surface area contributed by atoms with Gasteiger partial charge in [-0.1, -0.05) is 42.3 Å². The summed E-state index contributed by atoms with van der Waals surface area (Å²) in [5, 5.41) is 0. The highest BCUT2D eigenvalue weighted by Gasteiger charge is 2.41. The van der Waals surface area contributed by atoms with Gasteiger partial charge < -0.3 is 9.47 Å². The van der Waals surface area contributed by atoms with Crippen LogP contribution in [0.15, 0.2) is 54.6 Å². The monoisotopic (exact) mass is 329 g/mol. The Hall–Kier alpha value is -1.49. The number of hydrogen-bond acceptors (Lipinski definition) is 4. The van der Waals surface area contributed by atoms with E-state index in [1.807, 2.05) is 42.5 Å². The Morgan fingerprint density at radius 3 is 2.09 bits per heavy atom. The molecular formula is C19H23NO2S. The van der Waals surface area contributed by atoms with Crippen LogP contribution < -0.4 is 9.46 Å². The molecule has 0 aliphatic carbocycles. The lowest BCUT2D eigenvalue weighted by Crippen LogP contribution is -2.55. The van der Waals surface area contributed by atoms with Crippen molar-refractivity contribution in [1.29, 1.82) is 0 Å². The van der Waals surface area contributed by atoms with Crippen LogP contribution in [0.5, 0.6) is 11.5 Å². The normalized spacial score (nSPS) is 16.7. The lowest BCUT2D eigenvalue weighted by Gasteiger charge is -2.43. The van der Waals surface area contributed by atoms with Crippen LogP contribution in [0.4, 0.5) is 0 Å². The van der Waals surface area contributed by atoms with Gasteiger partial charge in [0, 0.05) is 4.75 Å². The zero-order valence-corrected chi connectivity index (χ0v) is 14.7. The maximum Gasteiger partial charge on any atom is 0.127 e.